The van der Waals surface area contributed by atoms with Crippen LogP contribution in [0.5, 0.6) is 5.75 Å². The normalized spacial score (nSPS) is 12.8. The highest BCUT2D eigenvalue weighted by Gasteiger charge is 2.27. The van der Waals surface area contributed by atoms with E-state index in [0.717, 1.165) is 47.9 Å². The van der Waals surface area contributed by atoms with Gasteiger partial charge in [-0.25, -0.2) is 4.79 Å². The van der Waals surface area contributed by atoms with Gasteiger partial charge in [-0.05, 0) is 56.4 Å². The molecule has 0 saturated heterocycles. The van der Waals surface area contributed by atoms with E-state index < -0.39 is 5.97 Å². The van der Waals surface area contributed by atoms with E-state index in [0.29, 0.717) is 26.4 Å². The van der Waals surface area contributed by atoms with Gasteiger partial charge in [0.15, 0.2) is 6.61 Å². The van der Waals surface area contributed by atoms with Gasteiger partial charge in [0.25, 0.3) is 11.1 Å². The summed E-state index contributed by atoms with van der Waals surface area (Å²) in [5.41, 5.74) is 1.48. The number of hydrogen-bond acceptors (Lipinski definition) is 9. The molecule has 0 radical (unpaired) electrons. The molecule has 0 unspecified atom stereocenters. The second kappa shape index (κ2) is 11.4. The van der Waals surface area contributed by atoms with Crippen LogP contribution in [0.2, 0.25) is 10.0 Å². The number of rotatable bonds is 9. The Hall–Kier alpha value is -2.27. The highest BCUT2D eigenvalue weighted by atomic mass is 35.5. The first-order valence-electron chi connectivity index (χ1n) is 10.6. The van der Waals surface area contributed by atoms with Crippen molar-refractivity contribution >= 4 is 63.2 Å². The minimum absolute atomic E-state index is 0.0186. The molecule has 1 aliphatic rings. The number of thiophene rings is 1. The molecule has 0 fully saturated rings. The number of carbonyl (C=O) groups is 2. The van der Waals surface area contributed by atoms with Crippen molar-refractivity contribution in [2.45, 2.75) is 44.4 Å². The van der Waals surface area contributed by atoms with Gasteiger partial charge in [-0.15, -0.1) is 21.5 Å². The largest absolute Gasteiger partial charge is 0.482 e. The summed E-state index contributed by atoms with van der Waals surface area (Å²) in [5.74, 6) is 0.0414. The van der Waals surface area contributed by atoms with Crippen LogP contribution in [0.4, 0.5) is 5.00 Å². The van der Waals surface area contributed by atoms with Crippen LogP contribution in [0.1, 0.15) is 46.5 Å². The Kier molecular flexibility index (Phi) is 8.36. The van der Waals surface area contributed by atoms with Crippen LogP contribution < -0.4 is 10.1 Å². The molecule has 0 aliphatic heterocycles. The van der Waals surface area contributed by atoms with E-state index in [4.69, 9.17) is 37.1 Å². The van der Waals surface area contributed by atoms with Gasteiger partial charge < -0.3 is 19.2 Å². The highest BCUT2D eigenvalue weighted by molar-refractivity contribution is 7.99. The van der Waals surface area contributed by atoms with Gasteiger partial charge in [0.05, 0.1) is 22.9 Å². The van der Waals surface area contributed by atoms with Crippen molar-refractivity contribution in [2.24, 2.45) is 0 Å². The number of benzene rings is 1. The fourth-order valence-electron chi connectivity index (χ4n) is 3.45. The molecule has 0 saturated carbocycles. The van der Waals surface area contributed by atoms with Crippen LogP contribution in [-0.2, 0) is 29.0 Å². The zero-order valence-corrected chi connectivity index (χ0v) is 21.3. The van der Waals surface area contributed by atoms with Crippen LogP contribution >= 0.6 is 46.3 Å². The number of esters is 1. The Labute approximate surface area is 214 Å². The fourth-order valence-corrected chi connectivity index (χ4v) is 5.79. The quantitative estimate of drug-likeness (QED) is 0.267. The summed E-state index contributed by atoms with van der Waals surface area (Å²) in [7, 11) is 0. The first kappa shape index (κ1) is 24.8. The van der Waals surface area contributed by atoms with E-state index in [-0.39, 0.29) is 36.0 Å². The lowest BCUT2D eigenvalue weighted by atomic mass is 9.95. The Morgan fingerprint density at radius 3 is 2.85 bits per heavy atom. The van der Waals surface area contributed by atoms with Crippen molar-refractivity contribution in [2.75, 3.05) is 17.7 Å². The number of anilines is 1. The number of thioether (sulfide) groups is 1. The van der Waals surface area contributed by atoms with Crippen LogP contribution in [0.3, 0.4) is 0 Å². The molecular formula is C22H21Cl2N3O5S2. The predicted octanol–water partition coefficient (Wildman–Crippen LogP) is 5.80. The van der Waals surface area contributed by atoms with Gasteiger partial charge in [0, 0.05) is 9.90 Å². The lowest BCUT2D eigenvalue weighted by Gasteiger charge is -2.12. The van der Waals surface area contributed by atoms with E-state index >= 15 is 0 Å². The molecule has 1 aromatic carbocycles. The summed E-state index contributed by atoms with van der Waals surface area (Å²) in [6, 6.07) is 4.88. The summed E-state index contributed by atoms with van der Waals surface area (Å²) in [6.07, 6.45) is 3.82. The van der Waals surface area contributed by atoms with Crippen molar-refractivity contribution in [1.82, 2.24) is 10.2 Å². The lowest BCUT2D eigenvalue weighted by Crippen LogP contribution is -2.17. The van der Waals surface area contributed by atoms with E-state index in [1.807, 2.05) is 0 Å². The van der Waals surface area contributed by atoms with Gasteiger partial charge in [0.1, 0.15) is 10.8 Å². The van der Waals surface area contributed by atoms with Crippen molar-refractivity contribution < 1.29 is 23.5 Å². The first-order chi connectivity index (χ1) is 16.4. The Bertz CT molecular complexity index is 1200. The molecule has 0 atom stereocenters. The SMILES string of the molecule is CCOC(=O)c1c(NC(=O)CSc2nnc(COc3ccc(Cl)cc3Cl)o2)sc2c1CCCC2. The number of nitrogens with one attached hydrogen (secondary N) is 1. The first-order valence-corrected chi connectivity index (χ1v) is 13.1. The predicted molar refractivity (Wildman–Crippen MR) is 131 cm³/mol. The third-order valence-electron chi connectivity index (χ3n) is 4.92. The molecule has 0 spiro atoms. The number of aromatic nitrogens is 2. The molecule has 2 aromatic heterocycles. The maximum absolute atomic E-state index is 12.6. The average Bonchev–Trinajstić information content (AvgIpc) is 3.41. The number of hydrogen-bond donors (Lipinski definition) is 1. The molecule has 1 amide bonds. The second-order valence-corrected chi connectivity index (χ2v) is 10.2. The zero-order chi connectivity index (χ0) is 24.1. The van der Waals surface area contributed by atoms with Gasteiger partial charge in [-0.1, -0.05) is 35.0 Å². The minimum atomic E-state index is -0.396. The summed E-state index contributed by atoms with van der Waals surface area (Å²) in [4.78, 5) is 26.3. The Morgan fingerprint density at radius 1 is 1.24 bits per heavy atom. The number of halogens is 2. The molecule has 12 heteroatoms. The molecule has 2 heterocycles. The Balaban J connectivity index is 1.34. The van der Waals surface area contributed by atoms with E-state index in [1.165, 1.54) is 11.3 Å². The molecule has 34 heavy (non-hydrogen) atoms. The van der Waals surface area contributed by atoms with Crippen molar-refractivity contribution in [3.05, 3.63) is 50.1 Å². The van der Waals surface area contributed by atoms with E-state index in [9.17, 15) is 9.59 Å². The third-order valence-corrected chi connectivity index (χ3v) is 7.48. The van der Waals surface area contributed by atoms with Crippen LogP contribution in [0, 0.1) is 0 Å². The number of ether oxygens (including phenoxy) is 2. The van der Waals surface area contributed by atoms with Crippen molar-refractivity contribution in [3.63, 3.8) is 0 Å². The topological polar surface area (TPSA) is 104 Å². The monoisotopic (exact) mass is 541 g/mol. The number of carbonyl (C=O) groups excluding carboxylic acids is 2. The summed E-state index contributed by atoms with van der Waals surface area (Å²) >= 11 is 14.5. The average molecular weight is 542 g/mol. The highest BCUT2D eigenvalue weighted by Crippen LogP contribution is 2.38. The molecule has 3 aromatic rings. The fraction of sp³-hybridized carbons (Fsp3) is 0.364. The molecule has 8 nitrogen and oxygen atoms in total. The maximum Gasteiger partial charge on any atom is 0.341 e. The Morgan fingerprint density at radius 2 is 2.06 bits per heavy atom. The number of amides is 1. The summed E-state index contributed by atoms with van der Waals surface area (Å²) in [5, 5.41) is 12.3. The van der Waals surface area contributed by atoms with E-state index in [2.05, 4.69) is 15.5 Å². The second-order valence-electron chi connectivity index (χ2n) is 7.30. The molecule has 4 rings (SSSR count). The number of aryl methyl sites for hydroxylation is 1. The molecular weight excluding hydrogens is 521 g/mol. The van der Waals surface area contributed by atoms with Crippen molar-refractivity contribution in [3.8, 4) is 5.75 Å². The molecule has 180 valence electrons. The van der Waals surface area contributed by atoms with Crippen LogP contribution in [0.15, 0.2) is 27.8 Å². The maximum atomic E-state index is 12.6. The minimum Gasteiger partial charge on any atom is -0.482 e. The molecule has 0 bridgehead atoms. The number of nitrogens with zero attached hydrogens (tertiary/aromatic N) is 2. The molecule has 1 aliphatic carbocycles. The third kappa shape index (κ3) is 6.04. The molecule has 1 N–H and O–H groups in total. The van der Waals surface area contributed by atoms with Crippen LogP contribution in [0.25, 0.3) is 0 Å². The van der Waals surface area contributed by atoms with Gasteiger partial charge in [-0.3, -0.25) is 4.79 Å². The van der Waals surface area contributed by atoms with Gasteiger partial charge in [-0.2, -0.15) is 0 Å². The summed E-state index contributed by atoms with van der Waals surface area (Å²) < 4.78 is 16.3. The van der Waals surface area contributed by atoms with Gasteiger partial charge in [0.2, 0.25) is 5.91 Å². The van der Waals surface area contributed by atoms with E-state index in [1.54, 1.807) is 25.1 Å². The number of fused-ring (bicyclic) bond motifs is 1. The standard InChI is InChI=1S/C22H21Cl2N3O5S2/c1-2-30-21(29)19-13-5-3-4-6-16(13)34-20(19)25-17(28)11-33-22-27-26-18(32-22)10-31-15-8-7-12(23)9-14(15)24/h7-9H,2-6,10-11H2,1H3,(H,25,28). The van der Waals surface area contributed by atoms with Crippen LogP contribution in [-0.4, -0.2) is 34.4 Å². The van der Waals surface area contributed by atoms with Crippen molar-refractivity contribution in [1.29, 1.82) is 0 Å². The zero-order valence-electron chi connectivity index (χ0n) is 18.2. The smallest absolute Gasteiger partial charge is 0.341 e. The lowest BCUT2D eigenvalue weighted by molar-refractivity contribution is -0.113. The summed E-state index contributed by atoms with van der Waals surface area (Å²) in [6.45, 7) is 2.06. The van der Waals surface area contributed by atoms with Gasteiger partial charge >= 0.3 is 5.97 Å².